The van der Waals surface area contributed by atoms with Gasteiger partial charge in [0.15, 0.2) is 0 Å². The third kappa shape index (κ3) is 4.88. The Labute approximate surface area is 147 Å². The molecule has 0 aromatic heterocycles. The van der Waals surface area contributed by atoms with Crippen molar-refractivity contribution < 1.29 is 18.3 Å². The first-order valence-electron chi connectivity index (χ1n) is 7.78. The van der Waals surface area contributed by atoms with Gasteiger partial charge in [-0.2, -0.15) is 0 Å². The number of rotatable bonds is 6. The van der Waals surface area contributed by atoms with Crippen LogP contribution in [0.3, 0.4) is 0 Å². The fourth-order valence-corrected chi connectivity index (χ4v) is 3.80. The zero-order valence-electron chi connectivity index (χ0n) is 14.4. The largest absolute Gasteiger partial charge is 0.384 e. The van der Waals surface area contributed by atoms with Gasteiger partial charge < -0.3 is 10.4 Å². The highest BCUT2D eigenvalue weighted by Crippen LogP contribution is 2.22. The molecule has 0 fully saturated rings. The number of aliphatic hydroxyl groups is 1. The summed E-state index contributed by atoms with van der Waals surface area (Å²) >= 11 is 0. The molecule has 0 heterocycles. The molecule has 0 radical (unpaired) electrons. The second-order valence-corrected chi connectivity index (χ2v) is 7.86. The average Bonchev–Trinajstić information content (AvgIpc) is 2.53. The highest BCUT2D eigenvalue weighted by atomic mass is 32.2. The third-order valence-corrected chi connectivity index (χ3v) is 5.35. The van der Waals surface area contributed by atoms with E-state index >= 15 is 0 Å². The van der Waals surface area contributed by atoms with E-state index < -0.39 is 15.6 Å². The van der Waals surface area contributed by atoms with Gasteiger partial charge in [0.1, 0.15) is 5.60 Å². The molecule has 0 aliphatic carbocycles. The van der Waals surface area contributed by atoms with Crippen LogP contribution in [0.15, 0.2) is 53.4 Å². The van der Waals surface area contributed by atoms with Crippen LogP contribution in [0, 0.1) is 6.92 Å². The number of carbonyl (C=O) groups excluding carboxylic acids is 1. The molecule has 1 atom stereocenters. The van der Waals surface area contributed by atoms with E-state index in [1.807, 2.05) is 6.07 Å². The van der Waals surface area contributed by atoms with E-state index in [9.17, 15) is 18.3 Å². The Morgan fingerprint density at radius 1 is 1.16 bits per heavy atom. The molecule has 1 unspecified atom stereocenters. The van der Waals surface area contributed by atoms with Gasteiger partial charge in [-0.05, 0) is 43.2 Å². The van der Waals surface area contributed by atoms with Gasteiger partial charge in [0.25, 0.3) is 0 Å². The molecule has 134 valence electrons. The minimum Gasteiger partial charge on any atom is -0.384 e. The maximum Gasteiger partial charge on any atom is 0.240 e. The Hall–Kier alpha value is -2.22. The minimum atomic E-state index is -3.80. The second kappa shape index (κ2) is 7.35. The quantitative estimate of drug-likeness (QED) is 0.734. The smallest absolute Gasteiger partial charge is 0.240 e. The van der Waals surface area contributed by atoms with Crippen molar-refractivity contribution in [3.63, 3.8) is 0 Å². The van der Waals surface area contributed by atoms with Crippen LogP contribution in [-0.2, 0) is 20.4 Å². The predicted octanol–water partition coefficient (Wildman–Crippen LogP) is 2.14. The van der Waals surface area contributed by atoms with Gasteiger partial charge in [0.2, 0.25) is 15.9 Å². The summed E-state index contributed by atoms with van der Waals surface area (Å²) in [5.41, 5.74) is 0.312. The Morgan fingerprint density at radius 2 is 1.80 bits per heavy atom. The monoisotopic (exact) mass is 362 g/mol. The lowest BCUT2D eigenvalue weighted by atomic mass is 9.97. The Balaban J connectivity index is 2.18. The van der Waals surface area contributed by atoms with Crippen LogP contribution in [0.1, 0.15) is 25.0 Å². The first-order chi connectivity index (χ1) is 11.6. The molecule has 2 aromatic rings. The maximum atomic E-state index is 12.6. The summed E-state index contributed by atoms with van der Waals surface area (Å²) in [5, 5.41) is 13.1. The zero-order chi connectivity index (χ0) is 18.7. The first kappa shape index (κ1) is 19.1. The van der Waals surface area contributed by atoms with Crippen LogP contribution >= 0.6 is 0 Å². The van der Waals surface area contributed by atoms with Crippen molar-refractivity contribution in [3.05, 3.63) is 59.7 Å². The normalized spacial score (nSPS) is 13.9. The zero-order valence-corrected chi connectivity index (χ0v) is 15.2. The second-order valence-electron chi connectivity index (χ2n) is 6.13. The van der Waals surface area contributed by atoms with Gasteiger partial charge in [0.05, 0.1) is 4.90 Å². The van der Waals surface area contributed by atoms with Gasteiger partial charge in [-0.3, -0.25) is 4.79 Å². The number of sulfonamides is 1. The van der Waals surface area contributed by atoms with Gasteiger partial charge in [-0.1, -0.05) is 30.3 Å². The molecule has 0 saturated heterocycles. The van der Waals surface area contributed by atoms with Gasteiger partial charge >= 0.3 is 0 Å². The van der Waals surface area contributed by atoms with E-state index in [-0.39, 0.29) is 17.3 Å². The molecule has 0 bridgehead atoms. The topological polar surface area (TPSA) is 95.5 Å². The highest BCUT2D eigenvalue weighted by molar-refractivity contribution is 7.89. The minimum absolute atomic E-state index is 0.102. The van der Waals surface area contributed by atoms with Crippen LogP contribution in [-0.4, -0.2) is 26.0 Å². The molecule has 3 N–H and O–H groups in total. The molecule has 2 aromatic carbocycles. The number of hydrogen-bond donors (Lipinski definition) is 3. The number of nitrogens with one attached hydrogen (secondary N) is 2. The van der Waals surface area contributed by atoms with Crippen LogP contribution in [0.2, 0.25) is 0 Å². The van der Waals surface area contributed by atoms with Crippen LogP contribution in [0.4, 0.5) is 5.69 Å². The molecule has 0 aliphatic heterocycles. The Bertz CT molecular complexity index is 862. The van der Waals surface area contributed by atoms with Crippen LogP contribution in [0.25, 0.3) is 0 Å². The number of aryl methyl sites for hydroxylation is 1. The van der Waals surface area contributed by atoms with Gasteiger partial charge in [-0.25, -0.2) is 13.1 Å². The van der Waals surface area contributed by atoms with Crippen LogP contribution < -0.4 is 10.0 Å². The predicted molar refractivity (Wildman–Crippen MR) is 96.7 cm³/mol. The lowest BCUT2D eigenvalue weighted by Gasteiger charge is -2.24. The molecule has 1 amide bonds. The molecule has 0 spiro atoms. The molecule has 0 aliphatic rings. The molecule has 6 nitrogen and oxygen atoms in total. The first-order valence-corrected chi connectivity index (χ1v) is 9.26. The molecule has 0 saturated carbocycles. The fraction of sp³-hybridized carbons (Fsp3) is 0.278. The fourth-order valence-electron chi connectivity index (χ4n) is 2.44. The van der Waals surface area contributed by atoms with Crippen LogP contribution in [0.5, 0.6) is 0 Å². The lowest BCUT2D eigenvalue weighted by molar-refractivity contribution is -0.114. The number of amides is 1. The molecule has 2 rings (SSSR count). The van der Waals surface area contributed by atoms with Crippen molar-refractivity contribution in [1.82, 2.24) is 4.72 Å². The number of benzene rings is 2. The van der Waals surface area contributed by atoms with Gasteiger partial charge in [-0.15, -0.1) is 0 Å². The number of anilines is 1. The van der Waals surface area contributed by atoms with E-state index in [1.54, 1.807) is 44.2 Å². The third-order valence-electron chi connectivity index (χ3n) is 3.79. The van der Waals surface area contributed by atoms with Crippen molar-refractivity contribution in [1.29, 1.82) is 0 Å². The summed E-state index contributed by atoms with van der Waals surface area (Å²) in [5.74, 6) is -0.230. The van der Waals surface area contributed by atoms with E-state index in [4.69, 9.17) is 0 Å². The average molecular weight is 362 g/mol. The molecule has 7 heteroatoms. The van der Waals surface area contributed by atoms with Crippen molar-refractivity contribution in [2.45, 2.75) is 31.3 Å². The Morgan fingerprint density at radius 3 is 2.36 bits per heavy atom. The van der Waals surface area contributed by atoms with Crippen molar-refractivity contribution >= 4 is 21.6 Å². The van der Waals surface area contributed by atoms with E-state index in [0.717, 1.165) is 0 Å². The van der Waals surface area contributed by atoms with Crippen molar-refractivity contribution in [3.8, 4) is 0 Å². The van der Waals surface area contributed by atoms with E-state index in [1.165, 1.54) is 19.1 Å². The summed E-state index contributed by atoms with van der Waals surface area (Å²) in [6.45, 7) is 4.42. The summed E-state index contributed by atoms with van der Waals surface area (Å²) < 4.78 is 27.6. The number of carbonyl (C=O) groups is 1. The SMILES string of the molecule is CC(=O)Nc1ccc(S(=O)(=O)NCC(C)(O)c2ccccc2)c(C)c1. The number of hydrogen-bond acceptors (Lipinski definition) is 4. The molecular formula is C18H22N2O4S. The Kier molecular flexibility index (Phi) is 5.62. The van der Waals surface area contributed by atoms with Crippen molar-refractivity contribution in [2.24, 2.45) is 0 Å². The summed E-state index contributed by atoms with van der Waals surface area (Å²) in [6, 6.07) is 13.4. The van der Waals surface area contributed by atoms with E-state index in [2.05, 4.69) is 10.0 Å². The summed E-state index contributed by atoms with van der Waals surface area (Å²) in [6.07, 6.45) is 0. The van der Waals surface area contributed by atoms with E-state index in [0.29, 0.717) is 16.8 Å². The van der Waals surface area contributed by atoms with Gasteiger partial charge in [0, 0.05) is 19.2 Å². The highest BCUT2D eigenvalue weighted by Gasteiger charge is 2.26. The maximum absolute atomic E-state index is 12.6. The lowest BCUT2D eigenvalue weighted by Crippen LogP contribution is -2.38. The molecule has 25 heavy (non-hydrogen) atoms. The summed E-state index contributed by atoms with van der Waals surface area (Å²) in [7, 11) is -3.80. The molecular weight excluding hydrogens is 340 g/mol. The van der Waals surface area contributed by atoms with Crippen molar-refractivity contribution in [2.75, 3.05) is 11.9 Å². The summed E-state index contributed by atoms with van der Waals surface area (Å²) in [4.78, 5) is 11.2. The standard InChI is InChI=1S/C18H22N2O4S/c1-13-11-16(20-14(2)21)9-10-17(13)25(23,24)19-12-18(3,22)15-7-5-4-6-8-15/h4-11,19,22H,12H2,1-3H3,(H,20,21).